The molecule has 0 spiro atoms. The number of ether oxygens (including phenoxy) is 1. The maximum atomic E-state index is 12.4. The molecule has 0 bridgehead atoms. The third kappa shape index (κ3) is 2.49. The lowest BCUT2D eigenvalue weighted by molar-refractivity contribution is -0.153. The Morgan fingerprint density at radius 1 is 1.20 bits per heavy atom. The number of carbonyl (C=O) groups is 3. The molecule has 2 aliphatic rings. The van der Waals surface area contributed by atoms with Crippen LogP contribution in [-0.2, 0) is 14.3 Å². The molecule has 8 nitrogen and oxygen atoms in total. The number of alkyl carbamates (subject to hydrolysis) is 1. The average Bonchev–Trinajstić information content (AvgIpc) is 3.09. The van der Waals surface area contributed by atoms with E-state index in [1.807, 2.05) is 0 Å². The van der Waals surface area contributed by atoms with Gasteiger partial charge in [0.05, 0.1) is 5.92 Å². The summed E-state index contributed by atoms with van der Waals surface area (Å²) in [6.45, 7) is 8.56. The van der Waals surface area contributed by atoms with E-state index < -0.39 is 58.4 Å². The zero-order valence-electron chi connectivity index (χ0n) is 15.3. The Balaban J connectivity index is 2.53. The molecule has 0 aliphatic heterocycles. The zero-order valence-corrected chi connectivity index (χ0v) is 15.3. The number of carboxylic acids is 2. The van der Waals surface area contributed by atoms with Gasteiger partial charge in [-0.25, -0.2) is 9.59 Å². The second-order valence-corrected chi connectivity index (χ2v) is 8.07. The minimum absolute atomic E-state index is 0.293. The van der Waals surface area contributed by atoms with E-state index in [1.165, 1.54) is 0 Å². The van der Waals surface area contributed by atoms with Gasteiger partial charge in [-0.05, 0) is 39.5 Å². The number of carboxylic acid groups (broad SMARTS) is 2. The van der Waals surface area contributed by atoms with E-state index in [-0.39, 0.29) is 0 Å². The molecule has 0 saturated heterocycles. The summed E-state index contributed by atoms with van der Waals surface area (Å²) in [6, 6.07) is -0.614. The molecule has 2 rings (SSSR count). The lowest BCUT2D eigenvalue weighted by atomic mass is 9.70. The average molecular weight is 356 g/mol. The van der Waals surface area contributed by atoms with Crippen molar-refractivity contribution in [1.29, 1.82) is 0 Å². The van der Waals surface area contributed by atoms with E-state index in [9.17, 15) is 24.6 Å². The fraction of sp³-hybridized carbons (Fsp3) is 0.824. The van der Waals surface area contributed by atoms with Crippen molar-refractivity contribution in [2.24, 2.45) is 28.9 Å². The Morgan fingerprint density at radius 3 is 2.12 bits per heavy atom. The van der Waals surface area contributed by atoms with Gasteiger partial charge in [-0.3, -0.25) is 4.79 Å². The van der Waals surface area contributed by atoms with E-state index in [2.05, 4.69) is 5.32 Å². The van der Waals surface area contributed by atoms with Gasteiger partial charge in [0.25, 0.3) is 0 Å². The van der Waals surface area contributed by atoms with E-state index in [0.717, 1.165) is 0 Å². The molecule has 8 heteroatoms. The predicted molar refractivity (Wildman–Crippen MR) is 88.8 cm³/mol. The second kappa shape index (κ2) is 5.86. The normalized spacial score (nSPS) is 39.4. The minimum atomic E-state index is -1.76. The molecule has 6 atom stereocenters. The minimum Gasteiger partial charge on any atom is -0.481 e. The molecule has 2 fully saturated rings. The van der Waals surface area contributed by atoms with Crippen LogP contribution >= 0.6 is 0 Å². The number of nitrogens with one attached hydrogen (secondary N) is 1. The Kier molecular flexibility index (Phi) is 4.57. The van der Waals surface area contributed by atoms with E-state index >= 15 is 0 Å². The Morgan fingerprint density at radius 2 is 1.76 bits per heavy atom. The fourth-order valence-electron chi connectivity index (χ4n) is 5.20. The Labute approximate surface area is 147 Å². The van der Waals surface area contributed by atoms with Crippen LogP contribution in [0.4, 0.5) is 4.79 Å². The van der Waals surface area contributed by atoms with Gasteiger partial charge in [-0.2, -0.15) is 0 Å². The van der Waals surface area contributed by atoms with E-state index in [4.69, 9.17) is 10.5 Å². The molecule has 6 unspecified atom stereocenters. The van der Waals surface area contributed by atoms with Crippen LogP contribution in [0.1, 0.15) is 47.5 Å². The number of nitrogens with two attached hydrogens (primary N) is 1. The van der Waals surface area contributed by atoms with Crippen LogP contribution in [0.15, 0.2) is 0 Å². The molecule has 2 saturated carbocycles. The smallest absolute Gasteiger partial charge is 0.408 e. The van der Waals surface area contributed by atoms with Crippen molar-refractivity contribution in [2.45, 2.75) is 64.6 Å². The number of hydrogen-bond donors (Lipinski definition) is 4. The van der Waals surface area contributed by atoms with Gasteiger partial charge >= 0.3 is 18.0 Å². The Bertz CT molecular complexity index is 600. The lowest BCUT2D eigenvalue weighted by Crippen LogP contribution is -2.66. The van der Waals surface area contributed by atoms with Gasteiger partial charge < -0.3 is 26.0 Å². The van der Waals surface area contributed by atoms with Crippen LogP contribution in [0.5, 0.6) is 0 Å². The van der Waals surface area contributed by atoms with Crippen molar-refractivity contribution in [2.75, 3.05) is 0 Å². The number of hydrogen-bond acceptors (Lipinski definition) is 5. The highest BCUT2D eigenvalue weighted by atomic mass is 16.6. The molecule has 1 amide bonds. The third-order valence-corrected chi connectivity index (χ3v) is 5.90. The van der Waals surface area contributed by atoms with Crippen molar-refractivity contribution in [3.63, 3.8) is 0 Å². The number of fused-ring (bicyclic) bond motifs is 1. The van der Waals surface area contributed by atoms with Crippen molar-refractivity contribution in [1.82, 2.24) is 5.32 Å². The van der Waals surface area contributed by atoms with Crippen LogP contribution in [0.2, 0.25) is 0 Å². The predicted octanol–water partition coefficient (Wildman–Crippen LogP) is 1.43. The summed E-state index contributed by atoms with van der Waals surface area (Å²) in [6.07, 6.45) is -0.167. The van der Waals surface area contributed by atoms with Crippen LogP contribution in [0.25, 0.3) is 0 Å². The summed E-state index contributed by atoms with van der Waals surface area (Å²) in [5.41, 5.74) is 2.59. The molecular weight excluding hydrogens is 328 g/mol. The molecule has 25 heavy (non-hydrogen) atoms. The highest BCUT2D eigenvalue weighted by molar-refractivity contribution is 5.91. The van der Waals surface area contributed by atoms with Gasteiger partial charge in [-0.1, -0.05) is 13.8 Å². The molecule has 0 aromatic rings. The monoisotopic (exact) mass is 356 g/mol. The zero-order chi connectivity index (χ0) is 19.4. The molecule has 0 radical (unpaired) electrons. The van der Waals surface area contributed by atoms with Crippen molar-refractivity contribution in [3.8, 4) is 0 Å². The first kappa shape index (κ1) is 19.5. The number of aliphatic carboxylic acids is 2. The fourth-order valence-corrected chi connectivity index (χ4v) is 5.20. The molecule has 0 heterocycles. The van der Waals surface area contributed by atoms with Crippen LogP contribution < -0.4 is 11.1 Å². The summed E-state index contributed by atoms with van der Waals surface area (Å²) < 4.78 is 5.25. The molecule has 5 N–H and O–H groups in total. The SMILES string of the molecule is CCC1C(N)C2C(C(=O)O)C2(CC)C1(NC(=O)OC(C)(C)C)C(=O)O. The molecule has 142 valence electrons. The van der Waals surface area contributed by atoms with Crippen LogP contribution in [-0.4, -0.2) is 45.4 Å². The largest absolute Gasteiger partial charge is 0.481 e. The standard InChI is InChI=1S/C17H28N2O6/c1-6-8-11(18)9-10(12(20)21)16(9,7-2)17(8,13(22)23)19-14(24)25-15(3,4)5/h8-11H,6-7,18H2,1-5H3,(H,19,24)(H,20,21)(H,22,23). The quantitative estimate of drug-likeness (QED) is 0.584. The highest BCUT2D eigenvalue weighted by Gasteiger charge is 2.87. The number of amides is 1. The molecular formula is C17H28N2O6. The summed E-state index contributed by atoms with van der Waals surface area (Å²) >= 11 is 0. The first-order valence-electron chi connectivity index (χ1n) is 8.63. The lowest BCUT2D eigenvalue weighted by Gasteiger charge is -2.42. The molecule has 0 aromatic heterocycles. The first-order chi connectivity index (χ1) is 11.4. The molecule has 0 aromatic carbocycles. The van der Waals surface area contributed by atoms with E-state index in [0.29, 0.717) is 12.8 Å². The summed E-state index contributed by atoms with van der Waals surface area (Å²) in [5, 5.41) is 22.2. The van der Waals surface area contributed by atoms with Crippen LogP contribution in [0, 0.1) is 23.2 Å². The van der Waals surface area contributed by atoms with E-state index in [1.54, 1.807) is 34.6 Å². The van der Waals surface area contributed by atoms with Gasteiger partial charge in [0.2, 0.25) is 0 Å². The van der Waals surface area contributed by atoms with Gasteiger partial charge in [-0.15, -0.1) is 0 Å². The van der Waals surface area contributed by atoms with Crippen molar-refractivity contribution < 1.29 is 29.3 Å². The third-order valence-electron chi connectivity index (χ3n) is 5.90. The highest BCUT2D eigenvalue weighted by Crippen LogP contribution is 2.75. The van der Waals surface area contributed by atoms with Gasteiger partial charge in [0.1, 0.15) is 5.60 Å². The van der Waals surface area contributed by atoms with Gasteiger partial charge in [0, 0.05) is 17.4 Å². The summed E-state index contributed by atoms with van der Waals surface area (Å²) in [5.74, 6) is -4.27. The topological polar surface area (TPSA) is 139 Å². The van der Waals surface area contributed by atoms with Crippen LogP contribution in [0.3, 0.4) is 0 Å². The van der Waals surface area contributed by atoms with Crippen molar-refractivity contribution >= 4 is 18.0 Å². The van der Waals surface area contributed by atoms with Gasteiger partial charge in [0.15, 0.2) is 5.54 Å². The second-order valence-electron chi connectivity index (χ2n) is 8.07. The number of rotatable bonds is 5. The summed E-state index contributed by atoms with van der Waals surface area (Å²) in [4.78, 5) is 36.5. The summed E-state index contributed by atoms with van der Waals surface area (Å²) in [7, 11) is 0. The molecule has 2 aliphatic carbocycles. The number of carbonyl (C=O) groups excluding carboxylic acids is 1. The Hall–Kier alpha value is -1.83. The van der Waals surface area contributed by atoms with Crippen molar-refractivity contribution in [3.05, 3.63) is 0 Å². The first-order valence-corrected chi connectivity index (χ1v) is 8.63. The maximum Gasteiger partial charge on any atom is 0.408 e. The maximum absolute atomic E-state index is 12.4.